The summed E-state index contributed by atoms with van der Waals surface area (Å²) >= 11 is 0. The fourth-order valence-electron chi connectivity index (χ4n) is 3.77. The van der Waals surface area contributed by atoms with E-state index in [-0.39, 0.29) is 0 Å². The van der Waals surface area contributed by atoms with Gasteiger partial charge in [-0.25, -0.2) is 14.8 Å². The summed E-state index contributed by atoms with van der Waals surface area (Å²) in [6.07, 6.45) is 6.51. The molecule has 8 heteroatoms. The second kappa shape index (κ2) is 9.68. The normalized spacial score (nSPS) is 11.3. The molecule has 8 nitrogen and oxygen atoms in total. The van der Waals surface area contributed by atoms with Crippen LogP contribution in [0, 0.1) is 6.92 Å². The summed E-state index contributed by atoms with van der Waals surface area (Å²) in [4.78, 5) is 4.82. The Morgan fingerprint density at radius 2 is 1.71 bits per heavy atom. The molecule has 1 N–H and O–H groups in total. The molecule has 3 heterocycles. The van der Waals surface area contributed by atoms with Gasteiger partial charge in [-0.05, 0) is 60.0 Å². The Morgan fingerprint density at radius 3 is 2.42 bits per heavy atom. The zero-order valence-corrected chi connectivity index (χ0v) is 18.5. The van der Waals surface area contributed by atoms with Crippen LogP contribution in [0.15, 0.2) is 36.4 Å². The van der Waals surface area contributed by atoms with Crippen LogP contribution in [0.4, 0.5) is 0 Å². The Labute approximate surface area is 182 Å². The average molecular weight is 419 g/mol. The molecule has 0 aliphatic heterocycles. The predicted octanol–water partition coefficient (Wildman–Crippen LogP) is 4.29. The third kappa shape index (κ3) is 4.73. The number of aromatic amines is 1. The highest BCUT2D eigenvalue weighted by molar-refractivity contribution is 5.56. The number of hydrogen-bond donors (Lipinski definition) is 1. The number of aryl methyl sites for hydroxylation is 3. The number of unbranched alkanes of at least 4 members (excludes halogenated alkanes) is 2. The maximum Gasteiger partial charge on any atom is 0.196 e. The molecule has 0 aliphatic carbocycles. The van der Waals surface area contributed by atoms with Gasteiger partial charge in [0, 0.05) is 24.2 Å². The molecule has 0 bridgehead atoms. The minimum atomic E-state index is 0.653. The summed E-state index contributed by atoms with van der Waals surface area (Å²) in [6, 6.07) is 12.7. The number of benzene rings is 1. The highest BCUT2D eigenvalue weighted by Gasteiger charge is 2.13. The Kier molecular flexibility index (Phi) is 6.54. The fourth-order valence-corrected chi connectivity index (χ4v) is 3.77. The molecule has 0 spiro atoms. The first-order valence-corrected chi connectivity index (χ1v) is 11.1. The van der Waals surface area contributed by atoms with Crippen LogP contribution >= 0.6 is 0 Å². The van der Waals surface area contributed by atoms with Crippen LogP contribution in [-0.2, 0) is 19.4 Å². The minimum Gasteiger partial charge on any atom is -0.311 e. The topological polar surface area (TPSA) is 90.1 Å². The molecule has 0 saturated heterocycles. The van der Waals surface area contributed by atoms with E-state index in [1.807, 2.05) is 6.07 Å². The standard InChI is InChI=1S/C23H30N8/c1-4-6-8-21-24-22(9-7-5-2)30(27-21)16-18-11-13-19(14-12-18)31-17(3)10-15-20(31)23-25-28-29-26-23/h10-15H,4-9,16H2,1-3H3,(H,25,26,28,29). The maximum atomic E-state index is 4.82. The van der Waals surface area contributed by atoms with Gasteiger partial charge in [-0.3, -0.25) is 0 Å². The third-order valence-electron chi connectivity index (χ3n) is 5.49. The molecule has 3 aromatic heterocycles. The quantitative estimate of drug-likeness (QED) is 0.415. The molecule has 4 rings (SSSR count). The van der Waals surface area contributed by atoms with Gasteiger partial charge in [-0.15, -0.1) is 5.10 Å². The van der Waals surface area contributed by atoms with E-state index >= 15 is 0 Å². The summed E-state index contributed by atoms with van der Waals surface area (Å²) in [5.74, 6) is 2.72. The lowest BCUT2D eigenvalue weighted by molar-refractivity contribution is 0.612. The van der Waals surface area contributed by atoms with Gasteiger partial charge in [-0.1, -0.05) is 38.8 Å². The van der Waals surface area contributed by atoms with Crippen LogP contribution < -0.4 is 0 Å². The van der Waals surface area contributed by atoms with E-state index < -0.39 is 0 Å². The van der Waals surface area contributed by atoms with Crippen LogP contribution in [0.1, 0.15) is 62.4 Å². The summed E-state index contributed by atoms with van der Waals surface area (Å²) in [5.41, 5.74) is 4.35. The Hall–Kier alpha value is -3.29. The highest BCUT2D eigenvalue weighted by atomic mass is 15.5. The first-order chi connectivity index (χ1) is 15.2. The molecule has 162 valence electrons. The molecule has 31 heavy (non-hydrogen) atoms. The van der Waals surface area contributed by atoms with Crippen LogP contribution in [-0.4, -0.2) is 40.0 Å². The molecule has 0 amide bonds. The van der Waals surface area contributed by atoms with Crippen LogP contribution in [0.3, 0.4) is 0 Å². The number of H-pyrrole nitrogens is 1. The molecule has 1 aromatic carbocycles. The molecule has 0 fully saturated rings. The third-order valence-corrected chi connectivity index (χ3v) is 5.49. The van der Waals surface area contributed by atoms with Gasteiger partial charge < -0.3 is 4.57 Å². The van der Waals surface area contributed by atoms with Gasteiger partial charge in [0.05, 0.1) is 12.2 Å². The number of rotatable bonds is 10. The van der Waals surface area contributed by atoms with E-state index in [1.54, 1.807) is 0 Å². The lowest BCUT2D eigenvalue weighted by Gasteiger charge is -2.11. The molecule has 0 saturated carbocycles. The van der Waals surface area contributed by atoms with Crippen LogP contribution in [0.25, 0.3) is 17.2 Å². The monoisotopic (exact) mass is 418 g/mol. The fraction of sp³-hybridized carbons (Fsp3) is 0.435. The van der Waals surface area contributed by atoms with Crippen molar-refractivity contribution in [1.29, 1.82) is 0 Å². The number of aromatic nitrogens is 8. The van der Waals surface area contributed by atoms with Gasteiger partial charge >= 0.3 is 0 Å². The predicted molar refractivity (Wildman–Crippen MR) is 120 cm³/mol. The molecule has 4 aromatic rings. The van der Waals surface area contributed by atoms with Gasteiger partial charge in [-0.2, -0.15) is 5.10 Å². The minimum absolute atomic E-state index is 0.653. The largest absolute Gasteiger partial charge is 0.311 e. The molecule has 0 aliphatic rings. The Morgan fingerprint density at radius 1 is 0.935 bits per heavy atom. The summed E-state index contributed by atoms with van der Waals surface area (Å²) < 4.78 is 4.24. The van der Waals surface area contributed by atoms with E-state index in [2.05, 4.69) is 81.0 Å². The number of hydrogen-bond acceptors (Lipinski definition) is 5. The lowest BCUT2D eigenvalue weighted by Crippen LogP contribution is -2.08. The van der Waals surface area contributed by atoms with Crippen molar-refractivity contribution in [1.82, 2.24) is 40.0 Å². The summed E-state index contributed by atoms with van der Waals surface area (Å²) in [7, 11) is 0. The van der Waals surface area contributed by atoms with E-state index in [1.165, 1.54) is 5.56 Å². The molecular weight excluding hydrogens is 388 g/mol. The SMILES string of the molecule is CCCCc1nc(CCCC)n(Cc2ccc(-n3c(C)ccc3-c3nnn[nH]3)cc2)n1. The second-order valence-electron chi connectivity index (χ2n) is 7.92. The summed E-state index contributed by atoms with van der Waals surface area (Å²) in [6.45, 7) is 7.23. The first kappa shape index (κ1) is 21.0. The van der Waals surface area contributed by atoms with Crippen molar-refractivity contribution >= 4 is 0 Å². The zero-order chi connectivity index (χ0) is 21.6. The van der Waals surface area contributed by atoms with E-state index in [9.17, 15) is 0 Å². The number of nitrogens with zero attached hydrogens (tertiary/aromatic N) is 7. The number of tetrazole rings is 1. The Bertz CT molecular complexity index is 1090. The van der Waals surface area contributed by atoms with Gasteiger partial charge in [0.1, 0.15) is 5.82 Å². The van der Waals surface area contributed by atoms with Crippen molar-refractivity contribution in [3.05, 3.63) is 59.3 Å². The molecule has 0 radical (unpaired) electrons. The second-order valence-corrected chi connectivity index (χ2v) is 7.92. The van der Waals surface area contributed by atoms with Crippen molar-refractivity contribution in [2.75, 3.05) is 0 Å². The number of nitrogens with one attached hydrogen (secondary N) is 1. The maximum absolute atomic E-state index is 4.82. The smallest absolute Gasteiger partial charge is 0.196 e. The first-order valence-electron chi connectivity index (χ1n) is 11.1. The van der Waals surface area contributed by atoms with Crippen molar-refractivity contribution < 1.29 is 0 Å². The lowest BCUT2D eigenvalue weighted by atomic mass is 10.2. The molecular formula is C23H30N8. The molecule has 0 unspecified atom stereocenters. The zero-order valence-electron chi connectivity index (χ0n) is 18.5. The average Bonchev–Trinajstić information content (AvgIpc) is 3.52. The van der Waals surface area contributed by atoms with Crippen LogP contribution in [0.5, 0.6) is 0 Å². The summed E-state index contributed by atoms with van der Waals surface area (Å²) in [5, 5.41) is 19.1. The van der Waals surface area contributed by atoms with Gasteiger partial charge in [0.2, 0.25) is 0 Å². The van der Waals surface area contributed by atoms with E-state index in [0.717, 1.165) is 73.8 Å². The van der Waals surface area contributed by atoms with E-state index in [0.29, 0.717) is 5.82 Å². The van der Waals surface area contributed by atoms with Crippen molar-refractivity contribution in [2.24, 2.45) is 0 Å². The molecule has 0 atom stereocenters. The Balaban J connectivity index is 1.56. The van der Waals surface area contributed by atoms with Crippen LogP contribution in [0.2, 0.25) is 0 Å². The van der Waals surface area contributed by atoms with Crippen molar-refractivity contribution in [3.8, 4) is 17.2 Å². The van der Waals surface area contributed by atoms with E-state index in [4.69, 9.17) is 10.1 Å². The van der Waals surface area contributed by atoms with Gasteiger partial charge in [0.15, 0.2) is 11.6 Å². The van der Waals surface area contributed by atoms with Crippen molar-refractivity contribution in [2.45, 2.75) is 65.8 Å². The van der Waals surface area contributed by atoms with Gasteiger partial charge in [0.25, 0.3) is 0 Å². The van der Waals surface area contributed by atoms with Crippen molar-refractivity contribution in [3.63, 3.8) is 0 Å². The highest BCUT2D eigenvalue weighted by Crippen LogP contribution is 2.24.